The molecule has 4 rings (SSSR count). The number of rotatable bonds is 1. The average Bonchev–Trinajstić information content (AvgIpc) is 2.90. The smallest absolute Gasteiger partial charge is 0.317 e. The molecule has 0 radical (unpaired) electrons. The van der Waals surface area contributed by atoms with Crippen LogP contribution in [0.5, 0.6) is 0 Å². The molecule has 0 unspecified atom stereocenters. The third-order valence-corrected chi connectivity index (χ3v) is 5.78. The predicted molar refractivity (Wildman–Crippen MR) is 77.3 cm³/mol. The first-order valence-corrected chi connectivity index (χ1v) is 7.63. The molecule has 0 aromatic heterocycles. The lowest BCUT2D eigenvalue weighted by Crippen LogP contribution is -2.42. The van der Waals surface area contributed by atoms with Gasteiger partial charge in [0.05, 0.1) is 0 Å². The van der Waals surface area contributed by atoms with E-state index in [4.69, 9.17) is 4.74 Å². The molecule has 1 aromatic carbocycles. The molecule has 0 spiro atoms. The summed E-state index contributed by atoms with van der Waals surface area (Å²) in [5.41, 5.74) is 3.63. The number of ether oxygens (including phenoxy) is 1. The Balaban J connectivity index is 1.92. The molecule has 20 heavy (non-hydrogen) atoms. The zero-order chi connectivity index (χ0) is 13.8. The lowest BCUT2D eigenvalue weighted by molar-refractivity contribution is -0.142. The van der Waals surface area contributed by atoms with Crippen LogP contribution in [0.25, 0.3) is 0 Å². The molecule has 1 saturated heterocycles. The topological polar surface area (TPSA) is 26.3 Å². The van der Waals surface area contributed by atoms with Gasteiger partial charge in [-0.25, -0.2) is 0 Å². The van der Waals surface area contributed by atoms with Crippen molar-refractivity contribution in [2.24, 2.45) is 5.41 Å². The van der Waals surface area contributed by atoms with Gasteiger partial charge in [0.2, 0.25) is 0 Å². The molecular formula is C18H20O2. The van der Waals surface area contributed by atoms with Gasteiger partial charge in [0.25, 0.3) is 0 Å². The quantitative estimate of drug-likeness (QED) is 0.572. The van der Waals surface area contributed by atoms with Crippen LogP contribution in [0, 0.1) is 5.41 Å². The number of allylic oxidation sites excluding steroid dienone is 1. The first-order valence-electron chi connectivity index (χ1n) is 7.63. The molecule has 0 bridgehead atoms. The zero-order valence-electron chi connectivity index (χ0n) is 11.9. The van der Waals surface area contributed by atoms with E-state index in [1.807, 2.05) is 18.2 Å². The van der Waals surface area contributed by atoms with Gasteiger partial charge < -0.3 is 4.74 Å². The van der Waals surface area contributed by atoms with E-state index >= 15 is 0 Å². The van der Waals surface area contributed by atoms with E-state index in [1.165, 1.54) is 24.8 Å². The molecule has 104 valence electrons. The molecule has 0 saturated carbocycles. The lowest BCUT2D eigenvalue weighted by atomic mass is 9.62. The number of carbonyl (C=O) groups excluding carboxylic acids is 1. The second kappa shape index (κ2) is 3.97. The largest absolute Gasteiger partial charge is 0.464 e. The van der Waals surface area contributed by atoms with Crippen molar-refractivity contribution in [2.45, 2.75) is 44.4 Å². The summed E-state index contributed by atoms with van der Waals surface area (Å²) in [7, 11) is 0. The Morgan fingerprint density at radius 3 is 2.65 bits per heavy atom. The van der Waals surface area contributed by atoms with Crippen LogP contribution < -0.4 is 0 Å². The SMILES string of the molecule is C[C@@]12COC(=O)[C@]1(c1ccccc1)CC1=C2CCCC1. The lowest BCUT2D eigenvalue weighted by Gasteiger charge is -2.36. The van der Waals surface area contributed by atoms with Gasteiger partial charge in [-0.15, -0.1) is 0 Å². The van der Waals surface area contributed by atoms with Crippen LogP contribution in [0.3, 0.4) is 0 Å². The van der Waals surface area contributed by atoms with Gasteiger partial charge in [0, 0.05) is 5.41 Å². The van der Waals surface area contributed by atoms with Crippen molar-refractivity contribution < 1.29 is 9.53 Å². The maximum absolute atomic E-state index is 12.7. The van der Waals surface area contributed by atoms with Crippen molar-refractivity contribution in [1.29, 1.82) is 0 Å². The van der Waals surface area contributed by atoms with Crippen molar-refractivity contribution in [3.8, 4) is 0 Å². The third-order valence-electron chi connectivity index (χ3n) is 5.78. The molecule has 2 aliphatic carbocycles. The number of benzene rings is 1. The Kier molecular flexibility index (Phi) is 2.42. The number of carbonyl (C=O) groups is 1. The second-order valence-corrected chi connectivity index (χ2v) is 6.65. The first kappa shape index (κ1) is 12.2. The predicted octanol–water partition coefficient (Wildman–Crippen LogP) is 3.76. The molecule has 2 atom stereocenters. The van der Waals surface area contributed by atoms with E-state index in [0.717, 1.165) is 18.4 Å². The molecule has 1 aliphatic heterocycles. The fourth-order valence-electron chi connectivity index (χ4n) is 4.70. The molecule has 0 amide bonds. The Morgan fingerprint density at radius 1 is 1.10 bits per heavy atom. The maximum atomic E-state index is 12.7. The van der Waals surface area contributed by atoms with Crippen LogP contribution in [0.1, 0.15) is 44.6 Å². The van der Waals surface area contributed by atoms with Crippen molar-refractivity contribution in [3.05, 3.63) is 47.0 Å². The third kappa shape index (κ3) is 1.27. The molecule has 2 nitrogen and oxygen atoms in total. The molecule has 1 aromatic rings. The fourth-order valence-corrected chi connectivity index (χ4v) is 4.70. The second-order valence-electron chi connectivity index (χ2n) is 6.65. The van der Waals surface area contributed by atoms with Crippen LogP contribution in [0.2, 0.25) is 0 Å². The van der Waals surface area contributed by atoms with E-state index in [9.17, 15) is 4.79 Å². The van der Waals surface area contributed by atoms with Gasteiger partial charge in [-0.05, 0) is 37.7 Å². The van der Waals surface area contributed by atoms with Crippen molar-refractivity contribution in [1.82, 2.24) is 0 Å². The molecule has 1 heterocycles. The Morgan fingerprint density at radius 2 is 1.85 bits per heavy atom. The summed E-state index contributed by atoms with van der Waals surface area (Å²) in [5, 5.41) is 0. The number of hydrogen-bond donors (Lipinski definition) is 0. The molecule has 2 heteroatoms. The number of cyclic esters (lactones) is 1. The van der Waals surface area contributed by atoms with Gasteiger partial charge in [-0.3, -0.25) is 4.79 Å². The van der Waals surface area contributed by atoms with Crippen molar-refractivity contribution in [3.63, 3.8) is 0 Å². The van der Waals surface area contributed by atoms with E-state index in [1.54, 1.807) is 5.57 Å². The molecule has 3 aliphatic rings. The van der Waals surface area contributed by atoms with Crippen LogP contribution in [-0.2, 0) is 14.9 Å². The van der Waals surface area contributed by atoms with Gasteiger partial charge in [0.15, 0.2) is 0 Å². The van der Waals surface area contributed by atoms with Gasteiger partial charge in [-0.1, -0.05) is 48.4 Å². The summed E-state index contributed by atoms with van der Waals surface area (Å²) < 4.78 is 5.56. The Labute approximate surface area is 119 Å². The van der Waals surface area contributed by atoms with Crippen LogP contribution in [0.4, 0.5) is 0 Å². The standard InChI is InChI=1S/C18H20O2/c1-17-12-20-16(19)18(17,14-8-3-2-4-9-14)11-13-7-5-6-10-15(13)17/h2-4,8-9H,5-7,10-12H2,1H3/t17-,18+/m0/s1. The number of esters is 1. The van der Waals surface area contributed by atoms with Gasteiger partial charge in [0.1, 0.15) is 12.0 Å². The normalized spacial score (nSPS) is 35.8. The summed E-state index contributed by atoms with van der Waals surface area (Å²) in [5.74, 6) is -0.0133. The minimum absolute atomic E-state index is 0.0133. The summed E-state index contributed by atoms with van der Waals surface area (Å²) in [6.45, 7) is 2.80. The molecular weight excluding hydrogens is 248 g/mol. The van der Waals surface area contributed by atoms with Gasteiger partial charge >= 0.3 is 5.97 Å². The number of hydrogen-bond acceptors (Lipinski definition) is 2. The van der Waals surface area contributed by atoms with Crippen molar-refractivity contribution in [2.75, 3.05) is 6.61 Å². The van der Waals surface area contributed by atoms with Crippen LogP contribution in [0.15, 0.2) is 41.5 Å². The van der Waals surface area contributed by atoms with Crippen LogP contribution in [-0.4, -0.2) is 12.6 Å². The Bertz CT molecular complexity index is 601. The molecule has 0 N–H and O–H groups in total. The van der Waals surface area contributed by atoms with Crippen LogP contribution >= 0.6 is 0 Å². The average molecular weight is 268 g/mol. The van der Waals surface area contributed by atoms with Crippen molar-refractivity contribution >= 4 is 5.97 Å². The minimum atomic E-state index is -0.455. The molecule has 1 fully saturated rings. The summed E-state index contributed by atoms with van der Waals surface area (Å²) in [6.07, 6.45) is 5.73. The number of fused-ring (bicyclic) bond motifs is 2. The summed E-state index contributed by atoms with van der Waals surface area (Å²) in [6, 6.07) is 10.3. The van der Waals surface area contributed by atoms with Gasteiger partial charge in [-0.2, -0.15) is 0 Å². The minimum Gasteiger partial charge on any atom is -0.464 e. The fraction of sp³-hybridized carbons (Fsp3) is 0.500. The highest BCUT2D eigenvalue weighted by molar-refractivity contribution is 5.89. The van der Waals surface area contributed by atoms with E-state index < -0.39 is 5.41 Å². The first-order chi connectivity index (χ1) is 9.68. The highest BCUT2D eigenvalue weighted by atomic mass is 16.5. The summed E-state index contributed by atoms with van der Waals surface area (Å²) >= 11 is 0. The highest BCUT2D eigenvalue weighted by Crippen LogP contribution is 2.63. The Hall–Kier alpha value is -1.57. The monoisotopic (exact) mass is 268 g/mol. The zero-order valence-corrected chi connectivity index (χ0v) is 11.9. The highest BCUT2D eigenvalue weighted by Gasteiger charge is 2.66. The van der Waals surface area contributed by atoms with E-state index in [-0.39, 0.29) is 11.4 Å². The van der Waals surface area contributed by atoms with E-state index in [0.29, 0.717) is 6.61 Å². The summed E-state index contributed by atoms with van der Waals surface area (Å²) in [4.78, 5) is 12.7. The van der Waals surface area contributed by atoms with E-state index in [2.05, 4.69) is 19.1 Å². The maximum Gasteiger partial charge on any atom is 0.317 e.